The number of rotatable bonds is 6. The van der Waals surface area contributed by atoms with E-state index >= 15 is 0 Å². The Labute approximate surface area is 122 Å². The number of fused-ring (bicyclic) bond motifs is 1. The smallest absolute Gasteiger partial charge is 0.326 e. The summed E-state index contributed by atoms with van der Waals surface area (Å²) in [6.07, 6.45) is 4.22. The zero-order chi connectivity index (χ0) is 15.4. The summed E-state index contributed by atoms with van der Waals surface area (Å²) in [6.45, 7) is 3.56. The molecule has 0 aliphatic carbocycles. The molecule has 0 saturated heterocycles. The summed E-state index contributed by atoms with van der Waals surface area (Å²) >= 11 is 0. The third-order valence-electron chi connectivity index (χ3n) is 3.40. The fourth-order valence-electron chi connectivity index (χ4n) is 2.30. The molecule has 1 amide bonds. The average molecular weight is 286 g/mol. The minimum absolute atomic E-state index is 0.329. The number of carbonyl (C=O) groups is 2. The summed E-state index contributed by atoms with van der Waals surface area (Å²) in [4.78, 5) is 23.5. The molecule has 0 saturated carbocycles. The standard InChI is InChI=1S/C16H18N2O3/c1-3-4-8-13(16(20)21)17-15(19)12-10-18(2)14-9-6-5-7-11(12)14/h3,5-7,9-10,13H,1,4,8H2,2H3,(H,17,19)(H,20,21). The van der Waals surface area contributed by atoms with Crippen molar-refractivity contribution in [2.45, 2.75) is 18.9 Å². The first kappa shape index (κ1) is 14.8. The van der Waals surface area contributed by atoms with Gasteiger partial charge in [0.05, 0.1) is 5.56 Å². The number of nitrogens with zero attached hydrogens (tertiary/aromatic N) is 1. The van der Waals surface area contributed by atoms with Crippen LogP contribution < -0.4 is 5.32 Å². The number of aryl methyl sites for hydroxylation is 1. The molecular weight excluding hydrogens is 268 g/mol. The van der Waals surface area contributed by atoms with E-state index in [4.69, 9.17) is 5.11 Å². The van der Waals surface area contributed by atoms with Gasteiger partial charge in [-0.1, -0.05) is 24.3 Å². The molecule has 0 aliphatic rings. The fraction of sp³-hybridized carbons (Fsp3) is 0.250. The molecule has 0 aliphatic heterocycles. The Morgan fingerprint density at radius 1 is 1.43 bits per heavy atom. The first-order valence-corrected chi connectivity index (χ1v) is 6.73. The Hall–Kier alpha value is -2.56. The maximum Gasteiger partial charge on any atom is 0.326 e. The van der Waals surface area contributed by atoms with Crippen LogP contribution in [0.5, 0.6) is 0 Å². The molecule has 5 nitrogen and oxygen atoms in total. The molecule has 1 unspecified atom stereocenters. The van der Waals surface area contributed by atoms with Crippen molar-refractivity contribution in [3.05, 3.63) is 48.7 Å². The number of benzene rings is 1. The highest BCUT2D eigenvalue weighted by Gasteiger charge is 2.21. The number of nitrogens with one attached hydrogen (secondary N) is 1. The summed E-state index contributed by atoms with van der Waals surface area (Å²) in [7, 11) is 1.85. The molecule has 1 aromatic carbocycles. The van der Waals surface area contributed by atoms with Crippen LogP contribution in [0, 0.1) is 0 Å². The lowest BCUT2D eigenvalue weighted by Gasteiger charge is -2.13. The lowest BCUT2D eigenvalue weighted by molar-refractivity contribution is -0.139. The second-order valence-electron chi connectivity index (χ2n) is 4.90. The summed E-state index contributed by atoms with van der Waals surface area (Å²) in [5.41, 5.74) is 1.42. The normalized spacial score (nSPS) is 12.0. The van der Waals surface area contributed by atoms with Gasteiger partial charge in [-0.2, -0.15) is 0 Å². The second kappa shape index (κ2) is 6.26. The molecule has 1 atom stereocenters. The molecule has 0 bridgehead atoms. The van der Waals surface area contributed by atoms with E-state index in [0.29, 0.717) is 18.4 Å². The van der Waals surface area contributed by atoms with Crippen molar-refractivity contribution in [1.29, 1.82) is 0 Å². The van der Waals surface area contributed by atoms with Crippen LogP contribution in [-0.4, -0.2) is 27.6 Å². The number of hydrogen-bond acceptors (Lipinski definition) is 2. The minimum atomic E-state index is -1.04. The average Bonchev–Trinajstić information content (AvgIpc) is 2.81. The molecule has 21 heavy (non-hydrogen) atoms. The van der Waals surface area contributed by atoms with E-state index in [2.05, 4.69) is 11.9 Å². The molecule has 0 spiro atoms. The molecular formula is C16H18N2O3. The highest BCUT2D eigenvalue weighted by atomic mass is 16.4. The minimum Gasteiger partial charge on any atom is -0.480 e. The number of carbonyl (C=O) groups excluding carboxylic acids is 1. The largest absolute Gasteiger partial charge is 0.480 e. The number of hydrogen-bond donors (Lipinski definition) is 2. The Morgan fingerprint density at radius 2 is 2.14 bits per heavy atom. The predicted octanol–water partition coefficient (Wildman–Crippen LogP) is 2.33. The zero-order valence-electron chi connectivity index (χ0n) is 11.9. The predicted molar refractivity (Wildman–Crippen MR) is 81.2 cm³/mol. The second-order valence-corrected chi connectivity index (χ2v) is 4.90. The van der Waals surface area contributed by atoms with Crippen LogP contribution in [0.1, 0.15) is 23.2 Å². The number of allylic oxidation sites excluding steroid dienone is 1. The zero-order valence-corrected chi connectivity index (χ0v) is 11.9. The van der Waals surface area contributed by atoms with Gasteiger partial charge in [-0.15, -0.1) is 6.58 Å². The van der Waals surface area contributed by atoms with Crippen molar-refractivity contribution in [2.75, 3.05) is 0 Å². The van der Waals surface area contributed by atoms with E-state index in [1.807, 2.05) is 35.9 Å². The van der Waals surface area contributed by atoms with Crippen molar-refractivity contribution in [1.82, 2.24) is 9.88 Å². The quantitative estimate of drug-likeness (QED) is 0.801. The lowest BCUT2D eigenvalue weighted by atomic mass is 10.1. The van der Waals surface area contributed by atoms with Gasteiger partial charge in [-0.25, -0.2) is 4.79 Å². The Morgan fingerprint density at radius 3 is 2.81 bits per heavy atom. The molecule has 0 radical (unpaired) electrons. The van der Waals surface area contributed by atoms with Crippen molar-refractivity contribution in [2.24, 2.45) is 7.05 Å². The van der Waals surface area contributed by atoms with Crippen molar-refractivity contribution < 1.29 is 14.7 Å². The van der Waals surface area contributed by atoms with E-state index in [0.717, 1.165) is 10.9 Å². The van der Waals surface area contributed by atoms with Crippen LogP contribution in [0.2, 0.25) is 0 Å². The maximum atomic E-state index is 12.3. The van der Waals surface area contributed by atoms with Crippen LogP contribution in [0.25, 0.3) is 10.9 Å². The van der Waals surface area contributed by atoms with Crippen LogP contribution in [0.3, 0.4) is 0 Å². The number of para-hydroxylation sites is 1. The van der Waals surface area contributed by atoms with Crippen molar-refractivity contribution >= 4 is 22.8 Å². The van der Waals surface area contributed by atoms with E-state index in [9.17, 15) is 9.59 Å². The summed E-state index contributed by atoms with van der Waals surface area (Å²) in [5.74, 6) is -1.41. The van der Waals surface area contributed by atoms with Gasteiger partial charge in [-0.05, 0) is 18.9 Å². The topological polar surface area (TPSA) is 71.3 Å². The van der Waals surface area contributed by atoms with Gasteiger partial charge < -0.3 is 15.0 Å². The Bertz CT molecular complexity index is 688. The van der Waals surface area contributed by atoms with Gasteiger partial charge in [0.15, 0.2) is 0 Å². The van der Waals surface area contributed by atoms with Crippen molar-refractivity contribution in [3.63, 3.8) is 0 Å². The molecule has 2 N–H and O–H groups in total. The van der Waals surface area contributed by atoms with Crippen LogP contribution >= 0.6 is 0 Å². The number of carboxylic acids is 1. The van der Waals surface area contributed by atoms with E-state index in [1.54, 1.807) is 12.3 Å². The van der Waals surface area contributed by atoms with Crippen LogP contribution in [0.15, 0.2) is 43.1 Å². The molecule has 1 aromatic heterocycles. The Balaban J connectivity index is 2.25. The van der Waals surface area contributed by atoms with Gasteiger partial charge in [0, 0.05) is 24.1 Å². The molecule has 2 rings (SSSR count). The van der Waals surface area contributed by atoms with Crippen molar-refractivity contribution in [3.8, 4) is 0 Å². The molecule has 2 aromatic rings. The first-order chi connectivity index (χ1) is 10.0. The molecule has 5 heteroatoms. The summed E-state index contributed by atoms with van der Waals surface area (Å²) in [5, 5.41) is 12.5. The van der Waals surface area contributed by atoms with E-state index < -0.39 is 12.0 Å². The van der Waals surface area contributed by atoms with Gasteiger partial charge >= 0.3 is 5.97 Å². The van der Waals surface area contributed by atoms with Gasteiger partial charge in [0.1, 0.15) is 6.04 Å². The molecule has 0 fully saturated rings. The monoisotopic (exact) mass is 286 g/mol. The first-order valence-electron chi connectivity index (χ1n) is 6.73. The number of aromatic nitrogens is 1. The van der Waals surface area contributed by atoms with E-state index in [-0.39, 0.29) is 5.91 Å². The third-order valence-corrected chi connectivity index (χ3v) is 3.40. The number of carboxylic acid groups (broad SMARTS) is 1. The van der Waals surface area contributed by atoms with Gasteiger partial charge in [0.25, 0.3) is 5.91 Å². The molecule has 110 valence electrons. The number of aliphatic carboxylic acids is 1. The van der Waals surface area contributed by atoms with Crippen LogP contribution in [0.4, 0.5) is 0 Å². The fourth-order valence-corrected chi connectivity index (χ4v) is 2.30. The Kier molecular flexibility index (Phi) is 4.42. The van der Waals surface area contributed by atoms with Gasteiger partial charge in [-0.3, -0.25) is 4.79 Å². The summed E-state index contributed by atoms with van der Waals surface area (Å²) in [6, 6.07) is 6.61. The highest BCUT2D eigenvalue weighted by molar-refractivity contribution is 6.07. The van der Waals surface area contributed by atoms with Crippen LogP contribution in [-0.2, 0) is 11.8 Å². The van der Waals surface area contributed by atoms with Gasteiger partial charge in [0.2, 0.25) is 0 Å². The summed E-state index contributed by atoms with van der Waals surface area (Å²) < 4.78 is 1.85. The lowest BCUT2D eigenvalue weighted by Crippen LogP contribution is -2.40. The number of amides is 1. The highest BCUT2D eigenvalue weighted by Crippen LogP contribution is 2.20. The van der Waals surface area contributed by atoms with E-state index in [1.165, 1.54) is 0 Å². The maximum absolute atomic E-state index is 12.3. The SMILES string of the molecule is C=CCCC(NC(=O)c1cn(C)c2ccccc12)C(=O)O. The third kappa shape index (κ3) is 3.13. The molecule has 1 heterocycles.